The summed E-state index contributed by atoms with van der Waals surface area (Å²) in [5.41, 5.74) is 0.599. The van der Waals surface area contributed by atoms with Gasteiger partial charge in [-0.25, -0.2) is 14.5 Å². The van der Waals surface area contributed by atoms with Crippen LogP contribution in [0.25, 0.3) is 0 Å². The molecule has 0 saturated carbocycles. The van der Waals surface area contributed by atoms with Gasteiger partial charge in [-0.3, -0.25) is 9.59 Å². The first-order valence-electron chi connectivity index (χ1n) is 7.91. The van der Waals surface area contributed by atoms with Crippen LogP contribution in [0.4, 0.5) is 11.4 Å². The molecular weight excluding hydrogens is 388 g/mol. The summed E-state index contributed by atoms with van der Waals surface area (Å²) in [6.07, 6.45) is 0. The molecule has 0 saturated heterocycles. The van der Waals surface area contributed by atoms with Gasteiger partial charge in [0.15, 0.2) is 0 Å². The van der Waals surface area contributed by atoms with E-state index in [2.05, 4.69) is 10.1 Å². The van der Waals surface area contributed by atoms with Crippen molar-refractivity contribution in [2.24, 2.45) is 0 Å². The molecule has 0 radical (unpaired) electrons. The Labute approximate surface area is 164 Å². The van der Waals surface area contributed by atoms with E-state index in [0.717, 1.165) is 4.90 Å². The maximum absolute atomic E-state index is 12.7. The number of nitrogens with zero attached hydrogens (tertiary/aromatic N) is 1. The molecule has 1 aliphatic heterocycles. The van der Waals surface area contributed by atoms with E-state index in [1.807, 2.05) is 0 Å². The molecule has 1 aliphatic rings. The highest BCUT2D eigenvalue weighted by molar-refractivity contribution is 6.53. The number of hydrogen-bond acceptors (Lipinski definition) is 6. The first kappa shape index (κ1) is 19.1. The minimum Gasteiger partial charge on any atom is -0.478 e. The summed E-state index contributed by atoms with van der Waals surface area (Å²) >= 11 is 6.04. The molecule has 2 aromatic carbocycles. The molecule has 1 heterocycles. The largest absolute Gasteiger partial charge is 0.478 e. The van der Waals surface area contributed by atoms with Crippen LogP contribution < -0.4 is 10.2 Å². The van der Waals surface area contributed by atoms with E-state index >= 15 is 0 Å². The molecular formula is C19H13ClN2O6. The van der Waals surface area contributed by atoms with Gasteiger partial charge in [0.2, 0.25) is 0 Å². The van der Waals surface area contributed by atoms with Gasteiger partial charge in [-0.15, -0.1) is 0 Å². The number of imide groups is 1. The minimum atomic E-state index is -1.13. The number of benzene rings is 2. The number of hydrogen-bond donors (Lipinski definition) is 2. The van der Waals surface area contributed by atoms with Crippen LogP contribution >= 0.6 is 11.6 Å². The van der Waals surface area contributed by atoms with Gasteiger partial charge in [0.05, 0.1) is 23.9 Å². The fourth-order valence-electron chi connectivity index (χ4n) is 2.58. The first-order valence-corrected chi connectivity index (χ1v) is 8.28. The van der Waals surface area contributed by atoms with Crippen molar-refractivity contribution in [1.29, 1.82) is 0 Å². The van der Waals surface area contributed by atoms with Gasteiger partial charge in [-0.1, -0.05) is 17.7 Å². The maximum Gasteiger partial charge on any atom is 0.337 e. The molecule has 142 valence electrons. The lowest BCUT2D eigenvalue weighted by molar-refractivity contribution is -0.120. The maximum atomic E-state index is 12.7. The lowest BCUT2D eigenvalue weighted by atomic mass is 10.2. The number of carbonyl (C=O) groups is 4. The first-order chi connectivity index (χ1) is 13.3. The van der Waals surface area contributed by atoms with E-state index in [4.69, 9.17) is 16.7 Å². The predicted octanol–water partition coefficient (Wildman–Crippen LogP) is 2.61. The Morgan fingerprint density at radius 2 is 1.71 bits per heavy atom. The smallest absolute Gasteiger partial charge is 0.337 e. The van der Waals surface area contributed by atoms with Crippen molar-refractivity contribution in [2.45, 2.75) is 0 Å². The number of methoxy groups -OCH3 is 1. The number of esters is 1. The number of anilines is 2. The van der Waals surface area contributed by atoms with Gasteiger partial charge in [-0.05, 0) is 42.5 Å². The normalized spacial score (nSPS) is 13.7. The van der Waals surface area contributed by atoms with Crippen LogP contribution in [0.5, 0.6) is 0 Å². The monoisotopic (exact) mass is 400 g/mol. The predicted molar refractivity (Wildman–Crippen MR) is 100 cm³/mol. The molecule has 8 nitrogen and oxygen atoms in total. The number of rotatable bonds is 5. The highest BCUT2D eigenvalue weighted by Crippen LogP contribution is 2.30. The zero-order valence-corrected chi connectivity index (χ0v) is 15.2. The zero-order chi connectivity index (χ0) is 20.4. The highest BCUT2D eigenvalue weighted by Gasteiger charge is 2.39. The minimum absolute atomic E-state index is 0.00810. The second-order valence-electron chi connectivity index (χ2n) is 5.68. The van der Waals surface area contributed by atoms with E-state index in [9.17, 15) is 19.2 Å². The number of nitrogens with one attached hydrogen (secondary N) is 1. The summed E-state index contributed by atoms with van der Waals surface area (Å²) in [6.45, 7) is 0. The van der Waals surface area contributed by atoms with Crippen LogP contribution in [0.2, 0.25) is 0 Å². The number of carboxylic acid groups (broad SMARTS) is 1. The number of amides is 2. The number of aromatic carboxylic acids is 1. The summed E-state index contributed by atoms with van der Waals surface area (Å²) in [6, 6.07) is 11.4. The zero-order valence-electron chi connectivity index (χ0n) is 14.4. The standard InChI is InChI=1S/C19H13ClN2O6/c1-28-19(27)10-5-7-13(8-6-10)22-16(23)14(20)15(17(22)24)21-12-4-2-3-11(9-12)18(25)26/h2-9,21H,1H3,(H,25,26). The van der Waals surface area contributed by atoms with Crippen molar-refractivity contribution in [3.8, 4) is 0 Å². The van der Waals surface area contributed by atoms with E-state index in [1.54, 1.807) is 0 Å². The molecule has 0 aromatic heterocycles. The third-order valence-electron chi connectivity index (χ3n) is 3.95. The van der Waals surface area contributed by atoms with E-state index in [1.165, 1.54) is 55.6 Å². The average molecular weight is 401 g/mol. The summed E-state index contributed by atoms with van der Waals surface area (Å²) in [4.78, 5) is 48.6. The molecule has 0 spiro atoms. The third kappa shape index (κ3) is 3.45. The van der Waals surface area contributed by atoms with Crippen molar-refractivity contribution in [3.63, 3.8) is 0 Å². The second kappa shape index (κ2) is 7.53. The molecule has 0 aliphatic carbocycles. The molecule has 0 bridgehead atoms. The summed E-state index contributed by atoms with van der Waals surface area (Å²) in [7, 11) is 1.24. The van der Waals surface area contributed by atoms with Crippen LogP contribution in [-0.2, 0) is 14.3 Å². The summed E-state index contributed by atoms with van der Waals surface area (Å²) < 4.78 is 4.60. The fraction of sp³-hybridized carbons (Fsp3) is 0.0526. The molecule has 2 aromatic rings. The van der Waals surface area contributed by atoms with Crippen LogP contribution in [0, 0.1) is 0 Å². The summed E-state index contributed by atoms with van der Waals surface area (Å²) in [5.74, 6) is -3.14. The van der Waals surface area contributed by atoms with Crippen LogP contribution in [-0.4, -0.2) is 36.0 Å². The molecule has 0 fully saturated rings. The van der Waals surface area contributed by atoms with E-state index < -0.39 is 23.8 Å². The Morgan fingerprint density at radius 1 is 1.04 bits per heavy atom. The van der Waals surface area contributed by atoms with Gasteiger partial charge in [0.1, 0.15) is 10.7 Å². The van der Waals surface area contributed by atoms with Crippen LogP contribution in [0.15, 0.2) is 59.3 Å². The van der Waals surface area contributed by atoms with Gasteiger partial charge >= 0.3 is 11.9 Å². The Morgan fingerprint density at radius 3 is 2.32 bits per heavy atom. The summed E-state index contributed by atoms with van der Waals surface area (Å²) in [5, 5.41) is 11.4. The molecule has 0 atom stereocenters. The van der Waals surface area contributed by atoms with E-state index in [-0.39, 0.29) is 33.2 Å². The molecule has 9 heteroatoms. The second-order valence-corrected chi connectivity index (χ2v) is 6.06. The number of carboxylic acids is 1. The lowest BCUT2D eigenvalue weighted by Gasteiger charge is -2.15. The van der Waals surface area contributed by atoms with Gasteiger partial charge < -0.3 is 15.2 Å². The van der Waals surface area contributed by atoms with E-state index in [0.29, 0.717) is 0 Å². The number of ether oxygens (including phenoxy) is 1. The van der Waals surface area contributed by atoms with Crippen LogP contribution in [0.3, 0.4) is 0 Å². The Bertz CT molecular complexity index is 1030. The number of halogens is 1. The van der Waals surface area contributed by atoms with Crippen molar-refractivity contribution < 1.29 is 29.0 Å². The van der Waals surface area contributed by atoms with Gasteiger partial charge in [0.25, 0.3) is 11.8 Å². The lowest BCUT2D eigenvalue weighted by Crippen LogP contribution is -2.32. The topological polar surface area (TPSA) is 113 Å². The molecule has 0 unspecified atom stereocenters. The third-order valence-corrected chi connectivity index (χ3v) is 4.30. The van der Waals surface area contributed by atoms with Crippen LogP contribution in [0.1, 0.15) is 20.7 Å². The van der Waals surface area contributed by atoms with Crippen molar-refractivity contribution >= 4 is 46.7 Å². The molecule has 3 rings (SSSR count). The SMILES string of the molecule is COC(=O)c1ccc(N2C(=O)C(Cl)=C(Nc3cccc(C(=O)O)c3)C2=O)cc1. The highest BCUT2D eigenvalue weighted by atomic mass is 35.5. The Kier molecular flexibility index (Phi) is 5.14. The van der Waals surface area contributed by atoms with Gasteiger partial charge in [-0.2, -0.15) is 0 Å². The quantitative estimate of drug-likeness (QED) is 0.585. The Balaban J connectivity index is 1.87. The average Bonchev–Trinajstić information content (AvgIpc) is 2.91. The Hall–Kier alpha value is -3.65. The van der Waals surface area contributed by atoms with Crippen molar-refractivity contribution in [1.82, 2.24) is 0 Å². The number of carbonyl (C=O) groups excluding carboxylic acids is 3. The van der Waals surface area contributed by atoms with Gasteiger partial charge in [0, 0.05) is 5.69 Å². The molecule has 28 heavy (non-hydrogen) atoms. The fourth-order valence-corrected chi connectivity index (χ4v) is 2.80. The molecule has 2 N–H and O–H groups in total. The van der Waals surface area contributed by atoms with Crippen molar-refractivity contribution in [3.05, 3.63) is 70.4 Å². The molecule has 2 amide bonds. The van der Waals surface area contributed by atoms with Crippen molar-refractivity contribution in [2.75, 3.05) is 17.3 Å².